The lowest BCUT2D eigenvalue weighted by Crippen LogP contribution is -2.28. The van der Waals surface area contributed by atoms with Crippen molar-refractivity contribution in [2.75, 3.05) is 0 Å². The van der Waals surface area contributed by atoms with Gasteiger partial charge in [-0.25, -0.2) is 9.78 Å². The van der Waals surface area contributed by atoms with E-state index >= 15 is 0 Å². The number of imidazole rings is 1. The Balaban J connectivity index is 1.67. The summed E-state index contributed by atoms with van der Waals surface area (Å²) in [7, 11) is 0. The van der Waals surface area contributed by atoms with Crippen molar-refractivity contribution < 1.29 is 9.90 Å². The summed E-state index contributed by atoms with van der Waals surface area (Å²) >= 11 is 0. The Kier molecular flexibility index (Phi) is 4.52. The number of aromatic carboxylic acids is 1. The summed E-state index contributed by atoms with van der Waals surface area (Å²) in [5, 5.41) is 8.99. The first-order valence-electron chi connectivity index (χ1n) is 9.41. The zero-order valence-electron chi connectivity index (χ0n) is 16.0. The van der Waals surface area contributed by atoms with Crippen LogP contribution in [0.4, 0.5) is 0 Å². The zero-order chi connectivity index (χ0) is 19.7. The third kappa shape index (κ3) is 3.44. The molecule has 1 heterocycles. The molecule has 0 bridgehead atoms. The molecule has 4 nitrogen and oxygen atoms in total. The number of rotatable bonds is 2. The second-order valence-electron chi connectivity index (χ2n) is 7.88. The summed E-state index contributed by atoms with van der Waals surface area (Å²) in [6.45, 7) is 4.58. The predicted molar refractivity (Wildman–Crippen MR) is 108 cm³/mol. The molecule has 4 heteroatoms. The Hall–Kier alpha value is -3.32. The van der Waals surface area contributed by atoms with Crippen molar-refractivity contribution in [2.24, 2.45) is 0 Å². The van der Waals surface area contributed by atoms with Gasteiger partial charge in [0.1, 0.15) is 0 Å². The van der Waals surface area contributed by atoms with E-state index in [0.717, 1.165) is 24.0 Å². The number of nitrogens with zero attached hydrogens (tertiary/aromatic N) is 2. The van der Waals surface area contributed by atoms with Crippen molar-refractivity contribution in [3.05, 3.63) is 89.0 Å². The highest BCUT2D eigenvalue weighted by Gasteiger charge is 2.33. The Labute approximate surface area is 164 Å². The van der Waals surface area contributed by atoms with E-state index in [1.54, 1.807) is 24.3 Å². The first-order valence-corrected chi connectivity index (χ1v) is 9.41. The van der Waals surface area contributed by atoms with Crippen LogP contribution < -0.4 is 0 Å². The zero-order valence-corrected chi connectivity index (χ0v) is 16.0. The SMILES string of the molecule is CC1(C)CCC(n2ccnc2)c2ccc(C#Cc3ccc(C(=O)O)cc3)cc21. The lowest BCUT2D eigenvalue weighted by molar-refractivity contribution is 0.0697. The molecule has 0 spiro atoms. The summed E-state index contributed by atoms with van der Waals surface area (Å²) in [5.74, 6) is 5.45. The van der Waals surface area contributed by atoms with Crippen molar-refractivity contribution in [1.82, 2.24) is 9.55 Å². The van der Waals surface area contributed by atoms with Crippen LogP contribution in [0.5, 0.6) is 0 Å². The average molecular weight is 370 g/mol. The smallest absolute Gasteiger partial charge is 0.335 e. The van der Waals surface area contributed by atoms with Crippen LogP contribution in [0.2, 0.25) is 0 Å². The summed E-state index contributed by atoms with van der Waals surface area (Å²) in [5.41, 5.74) is 4.83. The van der Waals surface area contributed by atoms with Gasteiger partial charge in [-0.2, -0.15) is 0 Å². The Morgan fingerprint density at radius 2 is 1.86 bits per heavy atom. The summed E-state index contributed by atoms with van der Waals surface area (Å²) in [6.07, 6.45) is 7.95. The molecule has 28 heavy (non-hydrogen) atoms. The van der Waals surface area contributed by atoms with Gasteiger partial charge in [0.25, 0.3) is 0 Å². The molecule has 2 aromatic carbocycles. The van der Waals surface area contributed by atoms with Gasteiger partial charge in [0.2, 0.25) is 0 Å². The van der Waals surface area contributed by atoms with Crippen LogP contribution in [0.1, 0.15) is 65.3 Å². The molecule has 1 N–H and O–H groups in total. The highest BCUT2D eigenvalue weighted by atomic mass is 16.4. The predicted octanol–water partition coefficient (Wildman–Crippen LogP) is 4.64. The minimum Gasteiger partial charge on any atom is -0.478 e. The van der Waals surface area contributed by atoms with Crippen molar-refractivity contribution in [1.29, 1.82) is 0 Å². The van der Waals surface area contributed by atoms with Crippen LogP contribution >= 0.6 is 0 Å². The van der Waals surface area contributed by atoms with E-state index in [1.165, 1.54) is 11.1 Å². The molecule has 140 valence electrons. The Bertz CT molecular complexity index is 1070. The fraction of sp³-hybridized carbons (Fsp3) is 0.250. The second kappa shape index (κ2) is 7.01. The minimum absolute atomic E-state index is 0.104. The van der Waals surface area contributed by atoms with Gasteiger partial charge in [-0.15, -0.1) is 0 Å². The van der Waals surface area contributed by atoms with E-state index in [4.69, 9.17) is 5.11 Å². The van der Waals surface area contributed by atoms with Crippen molar-refractivity contribution >= 4 is 5.97 Å². The Morgan fingerprint density at radius 1 is 1.14 bits per heavy atom. The lowest BCUT2D eigenvalue weighted by atomic mass is 9.70. The third-order valence-corrected chi connectivity index (χ3v) is 5.55. The molecule has 0 aliphatic heterocycles. The van der Waals surface area contributed by atoms with E-state index in [0.29, 0.717) is 6.04 Å². The van der Waals surface area contributed by atoms with Crippen LogP contribution in [0.15, 0.2) is 61.2 Å². The van der Waals surface area contributed by atoms with E-state index in [2.05, 4.69) is 53.4 Å². The molecular formula is C24H22N2O2. The number of aromatic nitrogens is 2. The molecule has 1 aliphatic rings. The normalized spacial score (nSPS) is 17.3. The van der Waals surface area contributed by atoms with Gasteiger partial charge in [0.15, 0.2) is 0 Å². The maximum Gasteiger partial charge on any atom is 0.335 e. The first-order chi connectivity index (χ1) is 13.4. The molecule has 1 aliphatic carbocycles. The fourth-order valence-electron chi connectivity index (χ4n) is 3.90. The van der Waals surface area contributed by atoms with E-state index < -0.39 is 5.97 Å². The number of carboxylic acid groups (broad SMARTS) is 1. The lowest BCUT2D eigenvalue weighted by Gasteiger charge is -2.37. The maximum absolute atomic E-state index is 11.0. The summed E-state index contributed by atoms with van der Waals surface area (Å²) < 4.78 is 2.18. The van der Waals surface area contributed by atoms with Gasteiger partial charge in [-0.1, -0.05) is 31.8 Å². The standard InChI is InChI=1S/C24H22N2O2/c1-24(2)12-11-22(26-14-13-25-16-26)20-10-7-18(15-21(20)24)4-3-17-5-8-19(9-6-17)23(27)28/h5-10,13-16,22H,11-12H2,1-2H3,(H,27,28). The van der Waals surface area contributed by atoms with Crippen LogP contribution in [-0.2, 0) is 5.41 Å². The van der Waals surface area contributed by atoms with Crippen LogP contribution in [-0.4, -0.2) is 20.6 Å². The van der Waals surface area contributed by atoms with Gasteiger partial charge in [-0.3, -0.25) is 0 Å². The third-order valence-electron chi connectivity index (χ3n) is 5.55. The molecule has 0 fully saturated rings. The van der Waals surface area contributed by atoms with Crippen molar-refractivity contribution in [2.45, 2.75) is 38.1 Å². The highest BCUT2D eigenvalue weighted by Crippen LogP contribution is 2.43. The maximum atomic E-state index is 11.0. The van der Waals surface area contributed by atoms with Crippen molar-refractivity contribution in [3.63, 3.8) is 0 Å². The number of carbonyl (C=O) groups is 1. The van der Waals surface area contributed by atoms with Gasteiger partial charge in [0, 0.05) is 23.5 Å². The first kappa shape index (κ1) is 18.1. The number of benzene rings is 2. The number of fused-ring (bicyclic) bond motifs is 1. The number of carboxylic acids is 1. The number of hydrogen-bond acceptors (Lipinski definition) is 2. The van der Waals surface area contributed by atoms with Crippen LogP contribution in [0, 0.1) is 11.8 Å². The molecule has 3 aromatic rings. The Morgan fingerprint density at radius 3 is 2.54 bits per heavy atom. The molecule has 0 radical (unpaired) electrons. The quantitative estimate of drug-likeness (QED) is 0.669. The molecule has 0 saturated carbocycles. The topological polar surface area (TPSA) is 55.1 Å². The largest absolute Gasteiger partial charge is 0.478 e. The molecule has 1 aromatic heterocycles. The molecule has 0 amide bonds. The molecule has 1 unspecified atom stereocenters. The van der Waals surface area contributed by atoms with Crippen LogP contribution in [0.25, 0.3) is 0 Å². The fourth-order valence-corrected chi connectivity index (χ4v) is 3.90. The van der Waals surface area contributed by atoms with E-state index in [1.807, 2.05) is 18.7 Å². The molecular weight excluding hydrogens is 348 g/mol. The minimum atomic E-state index is -0.927. The van der Waals surface area contributed by atoms with Crippen LogP contribution in [0.3, 0.4) is 0 Å². The van der Waals surface area contributed by atoms with E-state index in [9.17, 15) is 4.79 Å². The van der Waals surface area contributed by atoms with Crippen molar-refractivity contribution in [3.8, 4) is 11.8 Å². The second-order valence-corrected chi connectivity index (χ2v) is 7.88. The highest BCUT2D eigenvalue weighted by molar-refractivity contribution is 5.87. The number of hydrogen-bond donors (Lipinski definition) is 1. The van der Waals surface area contributed by atoms with Gasteiger partial charge in [-0.05, 0) is 65.8 Å². The monoisotopic (exact) mass is 370 g/mol. The molecule has 0 saturated heterocycles. The molecule has 1 atom stereocenters. The molecule has 4 rings (SSSR count). The van der Waals surface area contributed by atoms with E-state index in [-0.39, 0.29) is 11.0 Å². The van der Waals surface area contributed by atoms with Gasteiger partial charge >= 0.3 is 5.97 Å². The van der Waals surface area contributed by atoms with Gasteiger partial charge < -0.3 is 9.67 Å². The van der Waals surface area contributed by atoms with Gasteiger partial charge in [0.05, 0.1) is 17.9 Å². The summed E-state index contributed by atoms with van der Waals surface area (Å²) in [4.78, 5) is 15.2. The summed E-state index contributed by atoms with van der Waals surface area (Å²) in [6, 6.07) is 13.4. The average Bonchev–Trinajstić information content (AvgIpc) is 3.21.